The summed E-state index contributed by atoms with van der Waals surface area (Å²) in [5.74, 6) is 2.52. The zero-order valence-corrected chi connectivity index (χ0v) is 21.4. The summed E-state index contributed by atoms with van der Waals surface area (Å²) in [6.45, 7) is 5.76. The molecule has 4 heteroatoms. The van der Waals surface area contributed by atoms with E-state index >= 15 is 0 Å². The van der Waals surface area contributed by atoms with Crippen molar-refractivity contribution in [2.75, 3.05) is 38.8 Å². The molecule has 0 aliphatic carbocycles. The zero-order valence-electron chi connectivity index (χ0n) is 19.0. The summed E-state index contributed by atoms with van der Waals surface area (Å²) in [7, 11) is 4.46. The van der Waals surface area contributed by atoms with Crippen LogP contribution in [0.5, 0.6) is 0 Å². The van der Waals surface area contributed by atoms with Gasteiger partial charge in [0.25, 0.3) is 0 Å². The third-order valence-corrected chi connectivity index (χ3v) is 7.17. The maximum absolute atomic E-state index is 9.14. The van der Waals surface area contributed by atoms with Crippen LogP contribution in [0.15, 0.2) is 0 Å². The summed E-state index contributed by atoms with van der Waals surface area (Å²) in [5, 5.41) is 9.14. The number of aliphatic hydroxyl groups is 1. The van der Waals surface area contributed by atoms with E-state index in [0.29, 0.717) is 12.6 Å². The fourth-order valence-electron chi connectivity index (χ4n) is 3.33. The molecule has 0 aromatic carbocycles. The molecular formula is C23H50BrNOS. The number of hydrogen-bond donors (Lipinski definition) is 1. The fourth-order valence-corrected chi connectivity index (χ4v) is 4.65. The average molecular weight is 469 g/mol. The van der Waals surface area contributed by atoms with Gasteiger partial charge in [0.05, 0.1) is 26.7 Å². The van der Waals surface area contributed by atoms with E-state index in [1.807, 2.05) is 0 Å². The van der Waals surface area contributed by atoms with Gasteiger partial charge in [-0.25, -0.2) is 0 Å². The molecule has 1 atom stereocenters. The number of nitrogens with zero attached hydrogens (tertiary/aromatic N) is 1. The lowest BCUT2D eigenvalue weighted by molar-refractivity contribution is -0.910. The quantitative estimate of drug-likeness (QED) is 0.217. The van der Waals surface area contributed by atoms with Gasteiger partial charge in [-0.2, -0.15) is 11.8 Å². The highest BCUT2D eigenvalue weighted by atomic mass is 79.9. The van der Waals surface area contributed by atoms with Crippen LogP contribution in [-0.4, -0.2) is 54.4 Å². The van der Waals surface area contributed by atoms with Gasteiger partial charge in [0.1, 0.15) is 6.54 Å². The van der Waals surface area contributed by atoms with Crippen molar-refractivity contribution in [1.29, 1.82) is 0 Å². The number of thioether (sulfide) groups is 1. The molecule has 166 valence electrons. The Hall–Kier alpha value is 0.750. The Kier molecular flexibility index (Phi) is 23.8. The number of aliphatic hydroxyl groups excluding tert-OH is 1. The highest BCUT2D eigenvalue weighted by molar-refractivity contribution is 7.99. The number of halogens is 1. The van der Waals surface area contributed by atoms with E-state index in [4.69, 9.17) is 5.11 Å². The predicted octanol–water partition coefficient (Wildman–Crippen LogP) is 3.66. The van der Waals surface area contributed by atoms with E-state index in [9.17, 15) is 0 Å². The normalized spacial score (nSPS) is 12.8. The molecule has 0 aliphatic rings. The van der Waals surface area contributed by atoms with E-state index in [1.54, 1.807) is 0 Å². The molecule has 0 fully saturated rings. The lowest BCUT2D eigenvalue weighted by Gasteiger charge is -2.35. The minimum atomic E-state index is 0. The molecule has 0 rings (SSSR count). The molecule has 1 unspecified atom stereocenters. The highest BCUT2D eigenvalue weighted by Gasteiger charge is 2.22. The first-order chi connectivity index (χ1) is 12.5. The fraction of sp³-hybridized carbons (Fsp3) is 1.00. The van der Waals surface area contributed by atoms with Crippen LogP contribution < -0.4 is 17.0 Å². The van der Waals surface area contributed by atoms with Gasteiger partial charge in [-0.05, 0) is 19.1 Å². The highest BCUT2D eigenvalue weighted by Crippen LogP contribution is 2.16. The maximum atomic E-state index is 9.14. The van der Waals surface area contributed by atoms with Crippen molar-refractivity contribution in [3.63, 3.8) is 0 Å². The second kappa shape index (κ2) is 21.5. The first kappa shape index (κ1) is 29.9. The molecule has 0 bridgehead atoms. The smallest absolute Gasteiger partial charge is 0.102 e. The van der Waals surface area contributed by atoms with Crippen molar-refractivity contribution in [2.24, 2.45) is 0 Å². The molecule has 0 aliphatic heterocycles. The van der Waals surface area contributed by atoms with Crippen LogP contribution in [0.25, 0.3) is 0 Å². The molecule has 0 amide bonds. The van der Waals surface area contributed by atoms with Gasteiger partial charge in [-0.3, -0.25) is 0 Å². The molecule has 0 saturated heterocycles. The van der Waals surface area contributed by atoms with Crippen molar-refractivity contribution < 1.29 is 26.6 Å². The second-order valence-electron chi connectivity index (χ2n) is 8.75. The van der Waals surface area contributed by atoms with Crippen molar-refractivity contribution >= 4 is 11.8 Å². The molecule has 27 heavy (non-hydrogen) atoms. The minimum Gasteiger partial charge on any atom is -1.00 e. The van der Waals surface area contributed by atoms with E-state index in [1.165, 1.54) is 101 Å². The molecule has 0 aromatic heterocycles. The van der Waals surface area contributed by atoms with E-state index < -0.39 is 0 Å². The van der Waals surface area contributed by atoms with Gasteiger partial charge in [-0.1, -0.05) is 90.4 Å². The summed E-state index contributed by atoms with van der Waals surface area (Å²) in [6.07, 6.45) is 20.1. The van der Waals surface area contributed by atoms with Gasteiger partial charge in [-0.15, -0.1) is 0 Å². The van der Waals surface area contributed by atoms with Gasteiger partial charge in [0.15, 0.2) is 0 Å². The number of likely N-dealkylation sites (N-methyl/N-ethyl adjacent to an activating group) is 1. The minimum absolute atomic E-state index is 0. The number of quaternary nitrogens is 1. The first-order valence-corrected chi connectivity index (χ1v) is 12.7. The van der Waals surface area contributed by atoms with E-state index in [-0.39, 0.29) is 17.0 Å². The first-order valence-electron chi connectivity index (χ1n) is 11.6. The van der Waals surface area contributed by atoms with Crippen LogP contribution in [-0.2, 0) is 0 Å². The summed E-state index contributed by atoms with van der Waals surface area (Å²) in [4.78, 5) is 0. The van der Waals surface area contributed by atoms with Crippen LogP contribution in [0.1, 0.15) is 104 Å². The molecular weight excluding hydrogens is 418 g/mol. The zero-order chi connectivity index (χ0) is 19.5. The van der Waals surface area contributed by atoms with Gasteiger partial charge >= 0.3 is 0 Å². The molecule has 0 spiro atoms. The Bertz CT molecular complexity index is 290. The van der Waals surface area contributed by atoms with Crippen LogP contribution >= 0.6 is 11.8 Å². The standard InChI is InChI=1S/C23H50NOS.BrH/c1-5-6-7-8-9-10-11-12-13-14-15-16-17-18-21-26-22-23(2)24(3,4)19-20-25;/h23,25H,5-22H2,1-4H3;1H/q+1;/p-1. The Balaban J connectivity index is 0. The second-order valence-corrected chi connectivity index (χ2v) is 9.90. The third-order valence-electron chi connectivity index (χ3n) is 5.87. The summed E-state index contributed by atoms with van der Waals surface area (Å²) in [6, 6.07) is 0.624. The molecule has 0 aromatic rings. The summed E-state index contributed by atoms with van der Waals surface area (Å²) < 4.78 is 0.933. The SMILES string of the molecule is CCCCCCCCCCCCCCCCSCC(C)[N+](C)(C)CCO.[Br-]. The number of hydrogen-bond acceptors (Lipinski definition) is 2. The Labute approximate surface area is 186 Å². The summed E-state index contributed by atoms with van der Waals surface area (Å²) in [5.41, 5.74) is 0. The van der Waals surface area contributed by atoms with Crippen LogP contribution in [0, 0.1) is 0 Å². The van der Waals surface area contributed by atoms with Gasteiger partial charge in [0.2, 0.25) is 0 Å². The lowest BCUT2D eigenvalue weighted by Crippen LogP contribution is -3.00. The molecule has 0 saturated carbocycles. The Morgan fingerprint density at radius 1 is 0.741 bits per heavy atom. The Morgan fingerprint density at radius 2 is 1.15 bits per heavy atom. The van der Waals surface area contributed by atoms with Crippen molar-refractivity contribution in [2.45, 2.75) is 110 Å². The topological polar surface area (TPSA) is 20.2 Å². The van der Waals surface area contributed by atoms with E-state index in [0.717, 1.165) is 11.0 Å². The number of unbranched alkanes of at least 4 members (excludes halogenated alkanes) is 13. The van der Waals surface area contributed by atoms with E-state index in [2.05, 4.69) is 39.7 Å². The largest absolute Gasteiger partial charge is 1.00 e. The monoisotopic (exact) mass is 467 g/mol. The molecule has 0 heterocycles. The van der Waals surface area contributed by atoms with Crippen LogP contribution in [0.3, 0.4) is 0 Å². The molecule has 1 N–H and O–H groups in total. The van der Waals surface area contributed by atoms with Crippen LogP contribution in [0.4, 0.5) is 0 Å². The van der Waals surface area contributed by atoms with Crippen LogP contribution in [0.2, 0.25) is 0 Å². The molecule has 0 radical (unpaired) electrons. The van der Waals surface area contributed by atoms with Gasteiger partial charge in [0, 0.05) is 5.75 Å². The lowest BCUT2D eigenvalue weighted by atomic mass is 10.0. The van der Waals surface area contributed by atoms with Crippen molar-refractivity contribution in [3.05, 3.63) is 0 Å². The number of rotatable bonds is 20. The third kappa shape index (κ3) is 19.8. The maximum Gasteiger partial charge on any atom is 0.102 e. The summed E-state index contributed by atoms with van der Waals surface area (Å²) >= 11 is 2.10. The Morgan fingerprint density at radius 3 is 1.56 bits per heavy atom. The van der Waals surface area contributed by atoms with Gasteiger partial charge < -0.3 is 26.6 Å². The van der Waals surface area contributed by atoms with Crippen molar-refractivity contribution in [3.8, 4) is 0 Å². The molecule has 2 nitrogen and oxygen atoms in total. The van der Waals surface area contributed by atoms with Crippen molar-refractivity contribution in [1.82, 2.24) is 0 Å². The average Bonchev–Trinajstić information content (AvgIpc) is 2.61. The predicted molar refractivity (Wildman–Crippen MR) is 121 cm³/mol.